The second kappa shape index (κ2) is 12.8. The van der Waals surface area contributed by atoms with E-state index in [1.807, 2.05) is 0 Å². The minimum absolute atomic E-state index is 0. The molecule has 0 spiro atoms. The van der Waals surface area contributed by atoms with Gasteiger partial charge in [0, 0.05) is 44.5 Å². The molecule has 0 aliphatic rings. The first-order chi connectivity index (χ1) is 14.3. The topological polar surface area (TPSA) is 101 Å². The number of non-ortho nitro benzene ring substituents is 1. The van der Waals surface area contributed by atoms with Crippen molar-refractivity contribution in [2.24, 2.45) is 4.99 Å². The van der Waals surface area contributed by atoms with E-state index in [4.69, 9.17) is 0 Å². The first-order valence-corrected chi connectivity index (χ1v) is 8.98. The number of nitrogens with one attached hydrogen (secondary N) is 3. The van der Waals surface area contributed by atoms with Crippen LogP contribution in [0.2, 0.25) is 0 Å². The lowest BCUT2D eigenvalue weighted by Crippen LogP contribution is -2.39. The fourth-order valence-corrected chi connectivity index (χ4v) is 2.36. The van der Waals surface area contributed by atoms with E-state index < -0.39 is 17.7 Å². The summed E-state index contributed by atoms with van der Waals surface area (Å²) >= 11 is 0. The number of aliphatic imine (C=N–C) groups is 1. The summed E-state index contributed by atoms with van der Waals surface area (Å²) in [7, 11) is 1.62. The van der Waals surface area contributed by atoms with Gasteiger partial charge in [-0.2, -0.15) is 13.2 Å². The van der Waals surface area contributed by atoms with Crippen molar-refractivity contribution in [1.82, 2.24) is 10.6 Å². The first-order valence-electron chi connectivity index (χ1n) is 8.98. The molecule has 0 amide bonds. The molecule has 0 bridgehead atoms. The number of nitrogens with zero attached hydrogens (tertiary/aromatic N) is 2. The highest BCUT2D eigenvalue weighted by molar-refractivity contribution is 14.0. The number of anilines is 1. The molecule has 31 heavy (non-hydrogen) atoms. The van der Waals surface area contributed by atoms with Crippen molar-refractivity contribution in [1.29, 1.82) is 0 Å². The van der Waals surface area contributed by atoms with Gasteiger partial charge in [0.2, 0.25) is 0 Å². The van der Waals surface area contributed by atoms with Crippen molar-refractivity contribution >= 4 is 41.3 Å². The number of guanidine groups is 1. The average Bonchev–Trinajstić information content (AvgIpc) is 2.72. The number of nitro groups is 1. The van der Waals surface area contributed by atoms with Gasteiger partial charge in [0.25, 0.3) is 5.69 Å². The van der Waals surface area contributed by atoms with Crippen LogP contribution in [0.3, 0.4) is 0 Å². The summed E-state index contributed by atoms with van der Waals surface area (Å²) in [5.74, 6) is 0.703. The summed E-state index contributed by atoms with van der Waals surface area (Å²) in [5, 5.41) is 20.0. The van der Waals surface area contributed by atoms with Gasteiger partial charge in [0.1, 0.15) is 5.75 Å². The summed E-state index contributed by atoms with van der Waals surface area (Å²) in [6.07, 6.45) is -4.37. The molecule has 8 nitrogen and oxygen atoms in total. The Hall–Kier alpha value is -2.77. The zero-order valence-corrected chi connectivity index (χ0v) is 18.9. The quantitative estimate of drug-likeness (QED) is 0.109. The summed E-state index contributed by atoms with van der Waals surface area (Å²) in [5.41, 5.74) is 1.64. The van der Waals surface area contributed by atoms with Crippen molar-refractivity contribution in [3.05, 3.63) is 64.2 Å². The number of nitro benzene ring substituents is 1. The van der Waals surface area contributed by atoms with Crippen LogP contribution in [0, 0.1) is 10.1 Å². The SMILES string of the molecule is CN=C(NCCNc1ccc([N+](=O)[O-])cc1)NCc1ccc(OCC(F)(F)F)cc1.I. The van der Waals surface area contributed by atoms with Crippen LogP contribution in [-0.4, -0.2) is 43.8 Å². The van der Waals surface area contributed by atoms with Gasteiger partial charge >= 0.3 is 6.18 Å². The van der Waals surface area contributed by atoms with Gasteiger partial charge in [-0.05, 0) is 29.8 Å². The molecule has 0 fully saturated rings. The van der Waals surface area contributed by atoms with E-state index in [2.05, 4.69) is 25.7 Å². The largest absolute Gasteiger partial charge is 0.484 e. The monoisotopic (exact) mass is 553 g/mol. The van der Waals surface area contributed by atoms with Crippen molar-refractivity contribution < 1.29 is 22.8 Å². The number of rotatable bonds is 9. The van der Waals surface area contributed by atoms with Crippen LogP contribution in [0.5, 0.6) is 5.75 Å². The van der Waals surface area contributed by atoms with Crippen molar-refractivity contribution in [2.45, 2.75) is 12.7 Å². The molecule has 0 aromatic heterocycles. The number of hydrogen-bond acceptors (Lipinski definition) is 5. The third kappa shape index (κ3) is 10.2. The van der Waals surface area contributed by atoms with Crippen LogP contribution in [0.1, 0.15) is 5.56 Å². The molecule has 2 aromatic rings. The molecule has 0 saturated heterocycles. The fraction of sp³-hybridized carbons (Fsp3) is 0.316. The van der Waals surface area contributed by atoms with Crippen molar-refractivity contribution in [3.8, 4) is 5.75 Å². The third-order valence-corrected chi connectivity index (χ3v) is 3.83. The molecular weight excluding hydrogens is 530 g/mol. The molecule has 0 saturated carbocycles. The molecule has 2 rings (SSSR count). The lowest BCUT2D eigenvalue weighted by atomic mass is 10.2. The van der Waals surface area contributed by atoms with Crippen LogP contribution in [0.25, 0.3) is 0 Å². The highest BCUT2D eigenvalue weighted by atomic mass is 127. The molecule has 0 radical (unpaired) electrons. The minimum Gasteiger partial charge on any atom is -0.484 e. The van der Waals surface area contributed by atoms with Gasteiger partial charge in [-0.3, -0.25) is 15.1 Å². The molecule has 0 unspecified atom stereocenters. The lowest BCUT2D eigenvalue weighted by Gasteiger charge is -2.13. The highest BCUT2D eigenvalue weighted by Gasteiger charge is 2.28. The van der Waals surface area contributed by atoms with E-state index in [0.29, 0.717) is 25.6 Å². The van der Waals surface area contributed by atoms with Crippen LogP contribution >= 0.6 is 24.0 Å². The van der Waals surface area contributed by atoms with E-state index in [0.717, 1.165) is 11.3 Å². The summed E-state index contributed by atoms with van der Waals surface area (Å²) in [6, 6.07) is 12.4. The molecule has 0 heterocycles. The predicted octanol–water partition coefficient (Wildman–Crippen LogP) is 3.93. The molecule has 0 atom stereocenters. The number of alkyl halides is 3. The molecule has 0 aliphatic heterocycles. The Morgan fingerprint density at radius 3 is 2.26 bits per heavy atom. The van der Waals surface area contributed by atoms with E-state index in [-0.39, 0.29) is 35.4 Å². The normalized spacial score (nSPS) is 11.3. The first kappa shape index (κ1) is 26.3. The lowest BCUT2D eigenvalue weighted by molar-refractivity contribution is -0.384. The molecule has 0 aliphatic carbocycles. The van der Waals surface area contributed by atoms with E-state index in [9.17, 15) is 23.3 Å². The number of ether oxygens (including phenoxy) is 1. The molecule has 170 valence electrons. The minimum atomic E-state index is -4.37. The Morgan fingerprint density at radius 2 is 1.71 bits per heavy atom. The highest BCUT2D eigenvalue weighted by Crippen LogP contribution is 2.19. The Balaban J connectivity index is 0.00000480. The van der Waals surface area contributed by atoms with Crippen LogP contribution in [-0.2, 0) is 6.54 Å². The second-order valence-corrected chi connectivity index (χ2v) is 6.13. The predicted molar refractivity (Wildman–Crippen MR) is 123 cm³/mol. The maximum absolute atomic E-state index is 12.2. The molecule has 12 heteroatoms. The standard InChI is InChI=1S/C19H22F3N5O3.HI/c1-23-18(25-11-10-24-15-4-6-16(7-5-15)27(28)29)26-12-14-2-8-17(9-3-14)30-13-19(20,21)22;/h2-9,24H,10-13H2,1H3,(H2,23,25,26);1H. The zero-order chi connectivity index (χ0) is 22.0. The zero-order valence-electron chi connectivity index (χ0n) is 16.6. The maximum atomic E-state index is 12.2. The molecule has 2 aromatic carbocycles. The average molecular weight is 553 g/mol. The van der Waals surface area contributed by atoms with Gasteiger partial charge < -0.3 is 20.7 Å². The third-order valence-electron chi connectivity index (χ3n) is 3.83. The van der Waals surface area contributed by atoms with Gasteiger partial charge in [0.15, 0.2) is 12.6 Å². The van der Waals surface area contributed by atoms with E-state index >= 15 is 0 Å². The summed E-state index contributed by atoms with van der Waals surface area (Å²) < 4.78 is 41.1. The fourth-order valence-electron chi connectivity index (χ4n) is 2.36. The summed E-state index contributed by atoms with van der Waals surface area (Å²) in [4.78, 5) is 14.3. The smallest absolute Gasteiger partial charge is 0.422 e. The van der Waals surface area contributed by atoms with Crippen LogP contribution < -0.4 is 20.7 Å². The van der Waals surface area contributed by atoms with Gasteiger partial charge in [-0.1, -0.05) is 12.1 Å². The summed E-state index contributed by atoms with van der Waals surface area (Å²) in [6.45, 7) is 0.203. The van der Waals surface area contributed by atoms with Gasteiger partial charge in [0.05, 0.1) is 4.92 Å². The van der Waals surface area contributed by atoms with E-state index in [1.54, 1.807) is 31.3 Å². The van der Waals surface area contributed by atoms with E-state index in [1.165, 1.54) is 24.3 Å². The van der Waals surface area contributed by atoms with Crippen molar-refractivity contribution in [3.63, 3.8) is 0 Å². The second-order valence-electron chi connectivity index (χ2n) is 6.13. The Bertz CT molecular complexity index is 846. The molecule has 3 N–H and O–H groups in total. The van der Waals surface area contributed by atoms with Crippen molar-refractivity contribution in [2.75, 3.05) is 32.1 Å². The van der Waals surface area contributed by atoms with Crippen LogP contribution in [0.4, 0.5) is 24.5 Å². The Labute approximate surface area is 194 Å². The Kier molecular flexibility index (Phi) is 10.9. The number of halogens is 4. The molecular formula is C19H23F3IN5O3. The number of hydrogen-bond donors (Lipinski definition) is 3. The van der Waals surface area contributed by atoms with Gasteiger partial charge in [-0.15, -0.1) is 24.0 Å². The number of benzene rings is 2. The maximum Gasteiger partial charge on any atom is 0.422 e. The van der Waals surface area contributed by atoms with Gasteiger partial charge in [-0.25, -0.2) is 0 Å². The van der Waals surface area contributed by atoms with Crippen LogP contribution in [0.15, 0.2) is 53.5 Å². The Morgan fingerprint density at radius 1 is 1.06 bits per heavy atom.